The van der Waals surface area contributed by atoms with Crippen molar-refractivity contribution in [1.82, 2.24) is 14.1 Å². The van der Waals surface area contributed by atoms with Gasteiger partial charge in [0.25, 0.3) is 4.84 Å². The smallest absolute Gasteiger partial charge is 0.292 e. The Morgan fingerprint density at radius 2 is 1.93 bits per heavy atom. The number of quaternary nitrogens is 1. The third kappa shape index (κ3) is 4.48. The van der Waals surface area contributed by atoms with Crippen molar-refractivity contribution in [3.05, 3.63) is 29.1 Å². The number of nitrogens with zero attached hydrogens (tertiary/aromatic N) is 3. The van der Waals surface area contributed by atoms with Crippen molar-refractivity contribution >= 4 is 22.2 Å². The maximum absolute atomic E-state index is 12.8. The van der Waals surface area contributed by atoms with Crippen LogP contribution in [0.3, 0.4) is 0 Å². The van der Waals surface area contributed by atoms with Gasteiger partial charge in [0, 0.05) is 18.7 Å². The summed E-state index contributed by atoms with van der Waals surface area (Å²) in [5, 5.41) is 4.50. The van der Waals surface area contributed by atoms with Crippen molar-refractivity contribution in [3.63, 3.8) is 0 Å². The minimum Gasteiger partial charge on any atom is -0.409 e. The summed E-state index contributed by atoms with van der Waals surface area (Å²) < 4.78 is 34.3. The fourth-order valence-electron chi connectivity index (χ4n) is 3.45. The standard InChI is InChI=1S/C18H26N4O3S2/c1-3-21(4-2)27(23,24)16-10-8-9-15(13-16)17-19-22(18(26)25-17)14-20-11-6-5-7-12-20/h8-10,13H,3-7,11-12,14H2,1-2H3/p+1. The lowest BCUT2D eigenvalue weighted by molar-refractivity contribution is -0.928. The molecule has 7 nitrogen and oxygen atoms in total. The number of hydrogen-bond donors (Lipinski definition) is 1. The normalized spacial score (nSPS) is 16.1. The van der Waals surface area contributed by atoms with Gasteiger partial charge in [-0.2, -0.15) is 8.99 Å². The van der Waals surface area contributed by atoms with Crippen molar-refractivity contribution < 1.29 is 17.7 Å². The molecular formula is C18H27N4O3S2+. The SMILES string of the molecule is CCN(CC)S(=O)(=O)c1cccc(-c2nn(C[NH+]3CCCCC3)c(=S)o2)c1. The van der Waals surface area contributed by atoms with Gasteiger partial charge in [0.05, 0.1) is 18.0 Å². The summed E-state index contributed by atoms with van der Waals surface area (Å²) in [6.07, 6.45) is 3.73. The molecule has 0 radical (unpaired) electrons. The topological polar surface area (TPSA) is 72.8 Å². The molecule has 148 valence electrons. The summed E-state index contributed by atoms with van der Waals surface area (Å²) in [7, 11) is -3.53. The van der Waals surface area contributed by atoms with E-state index in [9.17, 15) is 8.42 Å². The van der Waals surface area contributed by atoms with Crippen LogP contribution < -0.4 is 4.90 Å². The molecule has 1 aromatic heterocycles. The van der Waals surface area contributed by atoms with Crippen LogP contribution >= 0.6 is 12.2 Å². The van der Waals surface area contributed by atoms with E-state index < -0.39 is 10.0 Å². The molecule has 0 amide bonds. The van der Waals surface area contributed by atoms with Crippen LogP contribution in [-0.4, -0.2) is 48.7 Å². The summed E-state index contributed by atoms with van der Waals surface area (Å²) in [6, 6.07) is 6.70. The van der Waals surface area contributed by atoms with Gasteiger partial charge in [-0.25, -0.2) is 8.42 Å². The van der Waals surface area contributed by atoms with Crippen molar-refractivity contribution in [1.29, 1.82) is 0 Å². The first kappa shape index (κ1) is 20.2. The molecular weight excluding hydrogens is 384 g/mol. The van der Waals surface area contributed by atoms with Crippen LogP contribution in [0.25, 0.3) is 11.5 Å². The van der Waals surface area contributed by atoms with Gasteiger partial charge in [-0.1, -0.05) is 19.9 Å². The highest BCUT2D eigenvalue weighted by Gasteiger charge is 2.23. The Morgan fingerprint density at radius 1 is 1.22 bits per heavy atom. The fraction of sp³-hybridized carbons (Fsp3) is 0.556. The molecule has 0 bridgehead atoms. The second-order valence-electron chi connectivity index (χ2n) is 6.76. The maximum atomic E-state index is 12.8. The van der Waals surface area contributed by atoms with E-state index in [1.165, 1.54) is 28.5 Å². The van der Waals surface area contributed by atoms with Crippen LogP contribution in [0.2, 0.25) is 0 Å². The van der Waals surface area contributed by atoms with Crippen LogP contribution in [0.1, 0.15) is 33.1 Å². The highest BCUT2D eigenvalue weighted by atomic mass is 32.2. The van der Waals surface area contributed by atoms with Gasteiger partial charge >= 0.3 is 0 Å². The zero-order valence-electron chi connectivity index (χ0n) is 15.8. The number of nitrogens with one attached hydrogen (secondary N) is 1. The molecule has 1 saturated heterocycles. The zero-order valence-corrected chi connectivity index (χ0v) is 17.5. The average molecular weight is 412 g/mol. The molecule has 2 aromatic rings. The molecule has 1 fully saturated rings. The van der Waals surface area contributed by atoms with E-state index in [1.807, 2.05) is 13.8 Å². The van der Waals surface area contributed by atoms with Gasteiger partial charge in [0.15, 0.2) is 6.67 Å². The highest BCUT2D eigenvalue weighted by Crippen LogP contribution is 2.23. The highest BCUT2D eigenvalue weighted by molar-refractivity contribution is 7.89. The lowest BCUT2D eigenvalue weighted by Gasteiger charge is -2.22. The number of sulfonamides is 1. The Morgan fingerprint density at radius 3 is 2.59 bits per heavy atom. The van der Waals surface area contributed by atoms with E-state index in [0.717, 1.165) is 13.1 Å². The van der Waals surface area contributed by atoms with Gasteiger partial charge < -0.3 is 9.32 Å². The average Bonchev–Trinajstić information content (AvgIpc) is 3.04. The zero-order chi connectivity index (χ0) is 19.4. The first-order valence-corrected chi connectivity index (χ1v) is 11.3. The number of piperidine rings is 1. The minimum absolute atomic E-state index is 0.237. The van der Waals surface area contributed by atoms with E-state index in [2.05, 4.69) is 5.10 Å². The molecule has 1 aliphatic heterocycles. The molecule has 27 heavy (non-hydrogen) atoms. The van der Waals surface area contributed by atoms with Crippen molar-refractivity contribution in [2.45, 2.75) is 44.7 Å². The number of benzene rings is 1. The summed E-state index contributed by atoms with van der Waals surface area (Å²) in [5.41, 5.74) is 0.613. The van der Waals surface area contributed by atoms with Gasteiger partial charge in [-0.3, -0.25) is 0 Å². The van der Waals surface area contributed by atoms with E-state index in [0.29, 0.717) is 36.0 Å². The molecule has 2 heterocycles. The number of likely N-dealkylation sites (tertiary alicyclic amines) is 1. The monoisotopic (exact) mass is 411 g/mol. The van der Waals surface area contributed by atoms with E-state index in [1.54, 1.807) is 28.9 Å². The second kappa shape index (κ2) is 8.64. The van der Waals surface area contributed by atoms with Crippen LogP contribution in [0.4, 0.5) is 0 Å². The van der Waals surface area contributed by atoms with Crippen molar-refractivity contribution in [3.8, 4) is 11.5 Å². The molecule has 9 heteroatoms. The van der Waals surface area contributed by atoms with Gasteiger partial charge in [-0.05, 0) is 49.7 Å². The first-order chi connectivity index (χ1) is 13.0. The Bertz CT molecular complexity index is 926. The van der Waals surface area contributed by atoms with Crippen LogP contribution in [0, 0.1) is 4.84 Å². The Kier molecular flexibility index (Phi) is 6.46. The second-order valence-corrected chi connectivity index (χ2v) is 9.05. The van der Waals surface area contributed by atoms with E-state index >= 15 is 0 Å². The number of aromatic nitrogens is 2. The Labute approximate surface area is 165 Å². The predicted octanol–water partition coefficient (Wildman–Crippen LogP) is 1.93. The van der Waals surface area contributed by atoms with Gasteiger partial charge in [0.2, 0.25) is 15.9 Å². The minimum atomic E-state index is -3.53. The maximum Gasteiger partial charge on any atom is 0.292 e. The van der Waals surface area contributed by atoms with E-state index in [-0.39, 0.29) is 4.90 Å². The number of hydrogen-bond acceptors (Lipinski definition) is 5. The van der Waals surface area contributed by atoms with E-state index in [4.69, 9.17) is 16.6 Å². The Hall–Kier alpha value is -1.55. The Balaban J connectivity index is 1.87. The molecule has 0 spiro atoms. The van der Waals surface area contributed by atoms with Crippen LogP contribution in [0.15, 0.2) is 33.6 Å². The summed E-state index contributed by atoms with van der Waals surface area (Å²) in [6.45, 7) is 7.42. The van der Waals surface area contributed by atoms with Crippen molar-refractivity contribution in [2.24, 2.45) is 0 Å². The van der Waals surface area contributed by atoms with Crippen LogP contribution in [-0.2, 0) is 16.7 Å². The fourth-order valence-corrected chi connectivity index (χ4v) is 5.14. The van der Waals surface area contributed by atoms with Gasteiger partial charge in [-0.15, -0.1) is 5.10 Å². The molecule has 1 N–H and O–H groups in total. The molecule has 0 atom stereocenters. The largest absolute Gasteiger partial charge is 0.409 e. The number of rotatable bonds is 7. The first-order valence-electron chi connectivity index (χ1n) is 9.47. The molecule has 0 aliphatic carbocycles. The third-order valence-corrected chi connectivity index (χ3v) is 7.30. The predicted molar refractivity (Wildman–Crippen MR) is 105 cm³/mol. The molecule has 0 saturated carbocycles. The van der Waals surface area contributed by atoms with Gasteiger partial charge in [0.1, 0.15) is 0 Å². The molecule has 1 aromatic carbocycles. The summed E-state index contributed by atoms with van der Waals surface area (Å²) >= 11 is 5.32. The molecule has 3 rings (SSSR count). The van der Waals surface area contributed by atoms with Crippen molar-refractivity contribution in [2.75, 3.05) is 26.2 Å². The lowest BCUT2D eigenvalue weighted by Crippen LogP contribution is -3.12. The summed E-state index contributed by atoms with van der Waals surface area (Å²) in [4.78, 5) is 2.00. The van der Waals surface area contributed by atoms with Crippen LogP contribution in [0.5, 0.6) is 0 Å². The molecule has 1 aliphatic rings. The quantitative estimate of drug-likeness (QED) is 0.705. The molecule has 0 unspecified atom stereocenters. The third-order valence-electron chi connectivity index (χ3n) is 4.96. The lowest BCUT2D eigenvalue weighted by atomic mass is 10.1. The summed E-state index contributed by atoms with van der Waals surface area (Å²) in [5.74, 6) is 0.355.